The molecule has 94 valence electrons. The van der Waals surface area contributed by atoms with Crippen LogP contribution in [0.5, 0.6) is 0 Å². The van der Waals surface area contributed by atoms with E-state index in [2.05, 4.69) is 23.0 Å². The zero-order chi connectivity index (χ0) is 11.4. The van der Waals surface area contributed by atoms with Gasteiger partial charge >= 0.3 is 0 Å². The molecule has 2 aliphatic heterocycles. The molecule has 0 aromatic carbocycles. The van der Waals surface area contributed by atoms with Gasteiger partial charge in [0.25, 0.3) is 0 Å². The summed E-state index contributed by atoms with van der Waals surface area (Å²) in [6.07, 6.45) is 7.81. The summed E-state index contributed by atoms with van der Waals surface area (Å²) in [4.78, 5) is 5.47. The number of hydrogen-bond acceptors (Lipinski definition) is 3. The molecule has 2 saturated heterocycles. The molecule has 2 atom stereocenters. The molecule has 0 aromatic rings. The maximum Gasteiger partial charge on any atom is 0.0223 e. The van der Waals surface area contributed by atoms with Crippen molar-refractivity contribution in [3.8, 4) is 0 Å². The summed E-state index contributed by atoms with van der Waals surface area (Å²) < 4.78 is 0. The van der Waals surface area contributed by atoms with E-state index in [1.54, 1.807) is 0 Å². The van der Waals surface area contributed by atoms with Crippen LogP contribution in [0.15, 0.2) is 0 Å². The molecule has 3 heteroatoms. The van der Waals surface area contributed by atoms with E-state index in [0.29, 0.717) is 0 Å². The summed E-state index contributed by atoms with van der Waals surface area (Å²) in [6, 6.07) is 1.66. The van der Waals surface area contributed by atoms with Gasteiger partial charge in [-0.05, 0) is 64.2 Å². The summed E-state index contributed by atoms with van der Waals surface area (Å²) in [5, 5.41) is 0. The van der Waals surface area contributed by atoms with E-state index in [1.165, 1.54) is 57.6 Å². The van der Waals surface area contributed by atoms with Crippen molar-refractivity contribution in [3.05, 3.63) is 0 Å². The first kappa shape index (κ1) is 12.7. The highest BCUT2D eigenvalue weighted by Crippen LogP contribution is 2.23. The number of nitrogens with zero attached hydrogens (tertiary/aromatic N) is 2. The predicted octanol–water partition coefficient (Wildman–Crippen LogP) is 2.30. The minimum atomic E-state index is 0.785. The van der Waals surface area contributed by atoms with E-state index in [9.17, 15) is 0 Å². The van der Waals surface area contributed by atoms with Crippen LogP contribution in [-0.2, 0) is 0 Å². The number of thioether (sulfide) groups is 1. The average Bonchev–Trinajstić information content (AvgIpc) is 2.63. The zero-order valence-corrected chi connectivity index (χ0v) is 11.6. The lowest BCUT2D eigenvalue weighted by Gasteiger charge is -2.30. The number of rotatable bonds is 4. The molecule has 2 rings (SSSR count). The number of fused-ring (bicyclic) bond motifs is 1. The van der Waals surface area contributed by atoms with Crippen molar-refractivity contribution in [3.63, 3.8) is 0 Å². The van der Waals surface area contributed by atoms with Crippen molar-refractivity contribution in [1.29, 1.82) is 0 Å². The molecule has 0 radical (unpaired) electrons. The third-order valence-electron chi connectivity index (χ3n) is 4.20. The first-order valence-electron chi connectivity index (χ1n) is 6.78. The molecule has 2 aliphatic rings. The van der Waals surface area contributed by atoms with Gasteiger partial charge in [-0.1, -0.05) is 0 Å². The maximum absolute atomic E-state index is 2.74. The fourth-order valence-electron chi connectivity index (χ4n) is 3.11. The van der Waals surface area contributed by atoms with E-state index < -0.39 is 0 Å². The molecular weight excluding hydrogens is 216 g/mol. The first-order valence-corrected chi connectivity index (χ1v) is 8.17. The molecule has 0 amide bonds. The topological polar surface area (TPSA) is 6.48 Å². The Morgan fingerprint density at radius 3 is 2.88 bits per heavy atom. The Bertz CT molecular complexity index is 210. The van der Waals surface area contributed by atoms with Gasteiger partial charge in [-0.3, -0.25) is 9.80 Å². The Hall–Kier alpha value is 0.270. The molecule has 2 unspecified atom stereocenters. The first-order chi connectivity index (χ1) is 7.81. The molecule has 0 saturated carbocycles. The molecule has 0 aromatic heterocycles. The Morgan fingerprint density at radius 2 is 2.06 bits per heavy atom. The number of hydrogen-bond donors (Lipinski definition) is 0. The van der Waals surface area contributed by atoms with Crippen LogP contribution in [-0.4, -0.2) is 60.1 Å². The highest BCUT2D eigenvalue weighted by atomic mass is 32.2. The van der Waals surface area contributed by atoms with Crippen molar-refractivity contribution < 1.29 is 0 Å². The lowest BCUT2D eigenvalue weighted by atomic mass is 10.1. The van der Waals surface area contributed by atoms with Crippen LogP contribution in [0.4, 0.5) is 0 Å². The van der Waals surface area contributed by atoms with E-state index in [4.69, 9.17) is 0 Å². The van der Waals surface area contributed by atoms with Crippen molar-refractivity contribution in [2.24, 2.45) is 0 Å². The summed E-state index contributed by atoms with van der Waals surface area (Å²) >= 11 is 1.98. The predicted molar refractivity (Wildman–Crippen MR) is 73.2 cm³/mol. The molecule has 0 bridgehead atoms. The standard InChI is InChI=1S/C13H26N2S/c1-12(6-10-16-2)15-9-4-8-14-7-3-5-13(14)11-15/h12-13H,3-11H2,1-2H3. The van der Waals surface area contributed by atoms with E-state index >= 15 is 0 Å². The zero-order valence-electron chi connectivity index (χ0n) is 10.8. The Labute approximate surface area is 105 Å². The highest BCUT2D eigenvalue weighted by molar-refractivity contribution is 7.98. The van der Waals surface area contributed by atoms with Crippen LogP contribution in [0.25, 0.3) is 0 Å². The quantitative estimate of drug-likeness (QED) is 0.747. The van der Waals surface area contributed by atoms with Crippen LogP contribution < -0.4 is 0 Å². The summed E-state index contributed by atoms with van der Waals surface area (Å²) in [5.74, 6) is 1.31. The summed E-state index contributed by atoms with van der Waals surface area (Å²) in [7, 11) is 0. The van der Waals surface area contributed by atoms with Crippen molar-refractivity contribution in [2.45, 2.75) is 44.7 Å². The monoisotopic (exact) mass is 242 g/mol. The minimum absolute atomic E-state index is 0.785. The average molecular weight is 242 g/mol. The minimum Gasteiger partial charge on any atom is -0.299 e. The lowest BCUT2D eigenvalue weighted by molar-refractivity contribution is 0.179. The SMILES string of the molecule is CSCCC(C)N1CCCN2CCCC2C1. The van der Waals surface area contributed by atoms with E-state index in [-0.39, 0.29) is 0 Å². The van der Waals surface area contributed by atoms with Gasteiger partial charge in [0.15, 0.2) is 0 Å². The van der Waals surface area contributed by atoms with Crippen LogP contribution >= 0.6 is 11.8 Å². The second-order valence-corrected chi connectivity index (χ2v) is 6.30. The van der Waals surface area contributed by atoms with Gasteiger partial charge in [0.05, 0.1) is 0 Å². The molecule has 2 fully saturated rings. The van der Waals surface area contributed by atoms with E-state index in [0.717, 1.165) is 12.1 Å². The molecule has 2 nitrogen and oxygen atoms in total. The van der Waals surface area contributed by atoms with Crippen LogP contribution in [0, 0.1) is 0 Å². The van der Waals surface area contributed by atoms with Gasteiger partial charge in [-0.25, -0.2) is 0 Å². The molecule has 2 heterocycles. The molecule has 0 spiro atoms. The van der Waals surface area contributed by atoms with Gasteiger partial charge in [0, 0.05) is 18.6 Å². The molecule has 0 aliphatic carbocycles. The second kappa shape index (κ2) is 6.27. The summed E-state index contributed by atoms with van der Waals surface area (Å²) in [5.41, 5.74) is 0. The Kier molecular flexibility index (Phi) is 4.98. The normalized spacial score (nSPS) is 30.0. The fraction of sp³-hybridized carbons (Fsp3) is 1.00. The smallest absolute Gasteiger partial charge is 0.0223 e. The van der Waals surface area contributed by atoms with Gasteiger partial charge in [-0.15, -0.1) is 0 Å². The molecule has 0 N–H and O–H groups in total. The van der Waals surface area contributed by atoms with Crippen LogP contribution in [0.3, 0.4) is 0 Å². The van der Waals surface area contributed by atoms with Crippen molar-refractivity contribution in [2.75, 3.05) is 38.2 Å². The maximum atomic E-state index is 2.74. The third-order valence-corrected chi connectivity index (χ3v) is 4.84. The Balaban J connectivity index is 1.84. The lowest BCUT2D eigenvalue weighted by Crippen LogP contribution is -2.41. The van der Waals surface area contributed by atoms with Gasteiger partial charge < -0.3 is 0 Å². The summed E-state index contributed by atoms with van der Waals surface area (Å²) in [6.45, 7) is 7.77. The third kappa shape index (κ3) is 3.14. The van der Waals surface area contributed by atoms with Crippen molar-refractivity contribution in [1.82, 2.24) is 9.80 Å². The highest BCUT2D eigenvalue weighted by Gasteiger charge is 2.29. The van der Waals surface area contributed by atoms with Gasteiger partial charge in [0.2, 0.25) is 0 Å². The van der Waals surface area contributed by atoms with Crippen molar-refractivity contribution >= 4 is 11.8 Å². The largest absolute Gasteiger partial charge is 0.299 e. The Morgan fingerprint density at radius 1 is 1.25 bits per heavy atom. The van der Waals surface area contributed by atoms with Gasteiger partial charge in [0.1, 0.15) is 0 Å². The molecular formula is C13H26N2S. The second-order valence-electron chi connectivity index (χ2n) is 5.31. The fourth-order valence-corrected chi connectivity index (χ4v) is 3.68. The molecule has 16 heavy (non-hydrogen) atoms. The van der Waals surface area contributed by atoms with E-state index in [1.807, 2.05) is 11.8 Å². The van der Waals surface area contributed by atoms with Crippen LogP contribution in [0.2, 0.25) is 0 Å². The van der Waals surface area contributed by atoms with Gasteiger partial charge in [-0.2, -0.15) is 11.8 Å². The van der Waals surface area contributed by atoms with Crippen LogP contribution in [0.1, 0.15) is 32.6 Å².